The molecule has 0 spiro atoms. The Morgan fingerprint density at radius 3 is 1.39 bits per heavy atom. The van der Waals surface area contributed by atoms with Crippen molar-refractivity contribution in [2.24, 2.45) is 0 Å². The van der Waals surface area contributed by atoms with Crippen LogP contribution in [0.2, 0.25) is 0 Å². The van der Waals surface area contributed by atoms with Gasteiger partial charge in [-0.15, -0.1) is 22.7 Å². The average molecular weight is 620 g/mol. The van der Waals surface area contributed by atoms with Crippen molar-refractivity contribution in [3.8, 4) is 50.6 Å². The molecule has 0 aliphatic carbocycles. The molecule has 9 rings (SSSR count). The number of hydrogen-bond donors (Lipinski definition) is 0. The van der Waals surface area contributed by atoms with E-state index in [0.29, 0.717) is 5.56 Å². The summed E-state index contributed by atoms with van der Waals surface area (Å²) in [5.74, 6) is 0. The topological polar surface area (TPSA) is 23.8 Å². The van der Waals surface area contributed by atoms with E-state index in [1.165, 1.54) is 62.6 Å². The zero-order chi connectivity index (χ0) is 30.6. The SMILES string of the molecule is N#Cc1ccccc1-c1cccc(-c2cc(-c3ccc4c(c3)sc3ccccc34)cc(-c3ccc4c(c3)sc3ccccc34)c2)c1. The predicted octanol–water partition coefficient (Wildman–Crippen LogP) is 13.0. The number of benzene rings is 7. The lowest BCUT2D eigenvalue weighted by Gasteiger charge is -2.13. The highest BCUT2D eigenvalue weighted by Crippen LogP contribution is 2.41. The normalized spacial score (nSPS) is 11.5. The number of nitriles is 1. The van der Waals surface area contributed by atoms with Crippen LogP contribution in [0.1, 0.15) is 5.56 Å². The monoisotopic (exact) mass is 619 g/mol. The van der Waals surface area contributed by atoms with Crippen LogP contribution >= 0.6 is 22.7 Å². The van der Waals surface area contributed by atoms with Crippen LogP contribution in [0, 0.1) is 11.3 Å². The second kappa shape index (κ2) is 10.8. The van der Waals surface area contributed by atoms with E-state index in [1.807, 2.05) is 46.9 Å². The van der Waals surface area contributed by atoms with Gasteiger partial charge in [-0.3, -0.25) is 0 Å². The average Bonchev–Trinajstić information content (AvgIpc) is 3.69. The second-order valence-electron chi connectivity index (χ2n) is 11.7. The molecule has 0 aliphatic heterocycles. The van der Waals surface area contributed by atoms with Crippen molar-refractivity contribution in [3.63, 3.8) is 0 Å². The molecule has 2 aromatic heterocycles. The summed E-state index contributed by atoms with van der Waals surface area (Å²) in [6.45, 7) is 0. The van der Waals surface area contributed by atoms with Crippen LogP contribution in [0.5, 0.6) is 0 Å². The molecule has 0 aliphatic rings. The standard InChI is InChI=1S/C43H25NS2/c44-26-31-8-1-2-11-35(31)30-10-7-9-27(20-30)32-21-33(28-16-18-38-36-12-3-5-14-40(36)45-42(38)24-28)23-34(22-32)29-17-19-39-37-13-4-6-15-41(37)46-43(39)25-29/h1-25H. The molecule has 7 aromatic carbocycles. The third-order valence-electron chi connectivity index (χ3n) is 8.91. The van der Waals surface area contributed by atoms with E-state index < -0.39 is 0 Å². The number of rotatable bonds is 4. The zero-order valence-corrected chi connectivity index (χ0v) is 26.3. The van der Waals surface area contributed by atoms with Crippen LogP contribution in [-0.4, -0.2) is 0 Å². The summed E-state index contributed by atoms with van der Waals surface area (Å²) in [5, 5.41) is 15.0. The number of hydrogen-bond acceptors (Lipinski definition) is 3. The summed E-state index contributed by atoms with van der Waals surface area (Å²) < 4.78 is 5.23. The molecule has 1 nitrogen and oxygen atoms in total. The molecule has 0 fully saturated rings. The molecule has 2 heterocycles. The minimum atomic E-state index is 0.683. The van der Waals surface area contributed by atoms with Gasteiger partial charge in [-0.2, -0.15) is 5.26 Å². The molecule has 0 bridgehead atoms. The Bertz CT molecular complexity index is 2530. The summed E-state index contributed by atoms with van der Waals surface area (Å²) in [4.78, 5) is 0. The molecule has 0 radical (unpaired) electrons. The molecule has 0 saturated heterocycles. The van der Waals surface area contributed by atoms with E-state index in [4.69, 9.17) is 0 Å². The minimum Gasteiger partial charge on any atom is -0.192 e. The van der Waals surface area contributed by atoms with Crippen molar-refractivity contribution < 1.29 is 0 Å². The fourth-order valence-electron chi connectivity index (χ4n) is 6.64. The quantitative estimate of drug-likeness (QED) is 0.192. The van der Waals surface area contributed by atoms with Gasteiger partial charge in [-0.25, -0.2) is 0 Å². The first-order chi connectivity index (χ1) is 22.7. The molecular weight excluding hydrogens is 595 g/mol. The molecule has 0 unspecified atom stereocenters. The third-order valence-corrected chi connectivity index (χ3v) is 11.2. The molecule has 0 saturated carbocycles. The molecule has 0 atom stereocenters. The van der Waals surface area contributed by atoms with Crippen LogP contribution in [0.3, 0.4) is 0 Å². The first-order valence-electron chi connectivity index (χ1n) is 15.3. The van der Waals surface area contributed by atoms with Gasteiger partial charge in [-0.05, 0) is 99.1 Å². The van der Waals surface area contributed by atoms with E-state index in [1.54, 1.807) is 0 Å². The fourth-order valence-corrected chi connectivity index (χ4v) is 8.93. The van der Waals surface area contributed by atoms with Crippen LogP contribution in [0.15, 0.2) is 152 Å². The molecule has 3 heteroatoms. The van der Waals surface area contributed by atoms with E-state index in [2.05, 4.69) is 133 Å². The fraction of sp³-hybridized carbons (Fsp3) is 0. The van der Waals surface area contributed by atoms with Crippen molar-refractivity contribution in [1.29, 1.82) is 5.26 Å². The van der Waals surface area contributed by atoms with Gasteiger partial charge in [0.25, 0.3) is 0 Å². The van der Waals surface area contributed by atoms with Gasteiger partial charge in [0.2, 0.25) is 0 Å². The van der Waals surface area contributed by atoms with Gasteiger partial charge in [0.1, 0.15) is 0 Å². The molecular formula is C43H25NS2. The lowest BCUT2D eigenvalue weighted by Crippen LogP contribution is -1.88. The van der Waals surface area contributed by atoms with E-state index >= 15 is 0 Å². The Kier molecular flexibility index (Phi) is 6.31. The second-order valence-corrected chi connectivity index (χ2v) is 13.8. The van der Waals surface area contributed by atoms with Gasteiger partial charge >= 0.3 is 0 Å². The van der Waals surface area contributed by atoms with E-state index in [9.17, 15) is 5.26 Å². The Morgan fingerprint density at radius 2 is 0.804 bits per heavy atom. The minimum absolute atomic E-state index is 0.683. The molecule has 46 heavy (non-hydrogen) atoms. The Labute approximate surface area is 274 Å². The Balaban J connectivity index is 1.24. The first kappa shape index (κ1) is 26.8. The van der Waals surface area contributed by atoms with Crippen LogP contribution in [0.4, 0.5) is 0 Å². The lowest BCUT2D eigenvalue weighted by molar-refractivity contribution is 1.48. The van der Waals surface area contributed by atoms with E-state index in [-0.39, 0.29) is 0 Å². The maximum absolute atomic E-state index is 9.79. The van der Waals surface area contributed by atoms with Gasteiger partial charge < -0.3 is 0 Å². The summed E-state index contributed by atoms with van der Waals surface area (Å²) in [7, 11) is 0. The van der Waals surface area contributed by atoms with Crippen molar-refractivity contribution in [2.45, 2.75) is 0 Å². The molecule has 0 amide bonds. The number of thiophene rings is 2. The summed E-state index contributed by atoms with van der Waals surface area (Å²) >= 11 is 3.71. The third kappa shape index (κ3) is 4.51. The van der Waals surface area contributed by atoms with Gasteiger partial charge in [0, 0.05) is 40.3 Å². The van der Waals surface area contributed by atoms with E-state index in [0.717, 1.165) is 22.3 Å². The summed E-state index contributed by atoms with van der Waals surface area (Å²) in [6, 6.07) is 56.8. The Hall–Kier alpha value is -5.53. The van der Waals surface area contributed by atoms with Gasteiger partial charge in [-0.1, -0.05) is 97.1 Å². The Morgan fingerprint density at radius 1 is 0.348 bits per heavy atom. The first-order valence-corrected chi connectivity index (χ1v) is 16.9. The largest absolute Gasteiger partial charge is 0.192 e. The van der Waals surface area contributed by atoms with Gasteiger partial charge in [0.15, 0.2) is 0 Å². The lowest BCUT2D eigenvalue weighted by atomic mass is 9.91. The van der Waals surface area contributed by atoms with Crippen molar-refractivity contribution >= 4 is 63.0 Å². The predicted molar refractivity (Wildman–Crippen MR) is 199 cm³/mol. The molecule has 0 N–H and O–H groups in total. The molecule has 9 aromatic rings. The summed E-state index contributed by atoms with van der Waals surface area (Å²) in [5.41, 5.74) is 9.73. The summed E-state index contributed by atoms with van der Waals surface area (Å²) in [6.07, 6.45) is 0. The van der Waals surface area contributed by atoms with Crippen molar-refractivity contribution in [3.05, 3.63) is 157 Å². The highest BCUT2D eigenvalue weighted by molar-refractivity contribution is 7.26. The zero-order valence-electron chi connectivity index (χ0n) is 24.7. The van der Waals surface area contributed by atoms with Crippen LogP contribution < -0.4 is 0 Å². The van der Waals surface area contributed by atoms with Gasteiger partial charge in [0.05, 0.1) is 11.6 Å². The van der Waals surface area contributed by atoms with Crippen LogP contribution in [0.25, 0.3) is 84.9 Å². The maximum atomic E-state index is 9.79. The van der Waals surface area contributed by atoms with Crippen LogP contribution in [-0.2, 0) is 0 Å². The molecule has 214 valence electrons. The highest BCUT2D eigenvalue weighted by Gasteiger charge is 2.13. The maximum Gasteiger partial charge on any atom is 0.0998 e. The smallest absolute Gasteiger partial charge is 0.0998 e. The number of fused-ring (bicyclic) bond motifs is 6. The van der Waals surface area contributed by atoms with Crippen molar-refractivity contribution in [1.82, 2.24) is 0 Å². The highest BCUT2D eigenvalue weighted by atomic mass is 32.1. The van der Waals surface area contributed by atoms with Crippen molar-refractivity contribution in [2.75, 3.05) is 0 Å². The number of nitrogens with zero attached hydrogens (tertiary/aromatic N) is 1.